The molecular formula is C23H24FN5O3. The van der Waals surface area contributed by atoms with Crippen molar-refractivity contribution in [1.82, 2.24) is 9.88 Å². The van der Waals surface area contributed by atoms with Crippen molar-refractivity contribution in [1.29, 1.82) is 5.41 Å². The number of nitrogen functional groups attached to an aromatic ring is 1. The third kappa shape index (κ3) is 5.38. The van der Waals surface area contributed by atoms with Gasteiger partial charge >= 0.3 is 0 Å². The number of nitrogens with one attached hydrogen (secondary N) is 3. The summed E-state index contributed by atoms with van der Waals surface area (Å²) in [7, 11) is 0. The highest BCUT2D eigenvalue weighted by Gasteiger charge is 2.22. The van der Waals surface area contributed by atoms with Gasteiger partial charge in [-0.15, -0.1) is 0 Å². The highest BCUT2D eigenvalue weighted by atomic mass is 19.1. The van der Waals surface area contributed by atoms with Crippen LogP contribution in [0.1, 0.15) is 24.3 Å². The number of para-hydroxylation sites is 1. The molecule has 3 aromatic rings. The molecule has 0 spiro atoms. The average molecular weight is 437 g/mol. The molecule has 0 aliphatic carbocycles. The maximum Gasteiger partial charge on any atom is 0.276 e. The smallest absolute Gasteiger partial charge is 0.276 e. The summed E-state index contributed by atoms with van der Waals surface area (Å²) in [6.45, 7) is 1.92. The van der Waals surface area contributed by atoms with E-state index < -0.39 is 23.5 Å². The first-order chi connectivity index (χ1) is 15.4. The average Bonchev–Trinajstić information content (AvgIpc) is 2.78. The van der Waals surface area contributed by atoms with Crippen molar-refractivity contribution in [3.63, 3.8) is 0 Å². The van der Waals surface area contributed by atoms with Crippen molar-refractivity contribution in [2.75, 3.05) is 11.9 Å². The lowest BCUT2D eigenvalue weighted by atomic mass is 10.1. The van der Waals surface area contributed by atoms with Gasteiger partial charge in [0, 0.05) is 25.0 Å². The largest absolute Gasteiger partial charge is 0.384 e. The zero-order valence-electron chi connectivity index (χ0n) is 17.5. The first-order valence-electron chi connectivity index (χ1n) is 9.96. The Hall–Kier alpha value is -3.98. The Labute approximate surface area is 184 Å². The first kappa shape index (κ1) is 22.7. The predicted octanol–water partition coefficient (Wildman–Crippen LogP) is 2.87. The van der Waals surface area contributed by atoms with E-state index in [4.69, 9.17) is 15.9 Å². The molecule has 9 heteroatoms. The van der Waals surface area contributed by atoms with Gasteiger partial charge in [0.1, 0.15) is 17.3 Å². The lowest BCUT2D eigenvalue weighted by Crippen LogP contribution is -2.38. The molecule has 1 amide bonds. The lowest BCUT2D eigenvalue weighted by Gasteiger charge is -2.20. The molecule has 0 aliphatic rings. The number of benzene rings is 2. The molecule has 1 atom stereocenters. The summed E-state index contributed by atoms with van der Waals surface area (Å²) in [5.41, 5.74) is 6.37. The topological polar surface area (TPSA) is 122 Å². The molecule has 1 heterocycles. The summed E-state index contributed by atoms with van der Waals surface area (Å²) in [5.74, 6) is -1.58. The van der Waals surface area contributed by atoms with Crippen molar-refractivity contribution in [2.24, 2.45) is 5.73 Å². The number of carbonyl (C=O) groups is 1. The van der Waals surface area contributed by atoms with Crippen molar-refractivity contribution in [3.05, 3.63) is 94.2 Å². The summed E-state index contributed by atoms with van der Waals surface area (Å²) in [5, 5.41) is 13.0. The molecule has 0 bridgehead atoms. The van der Waals surface area contributed by atoms with Gasteiger partial charge in [0.05, 0.1) is 5.56 Å². The van der Waals surface area contributed by atoms with E-state index in [0.29, 0.717) is 5.56 Å². The molecule has 2 aromatic carbocycles. The molecule has 32 heavy (non-hydrogen) atoms. The van der Waals surface area contributed by atoms with Crippen LogP contribution in [0.2, 0.25) is 0 Å². The van der Waals surface area contributed by atoms with Crippen molar-refractivity contribution < 1.29 is 13.9 Å². The summed E-state index contributed by atoms with van der Waals surface area (Å²) >= 11 is 0. The number of hydrogen-bond acceptors (Lipinski definition) is 5. The molecule has 0 saturated carbocycles. The quantitative estimate of drug-likeness (QED) is 0.303. The second-order valence-corrected chi connectivity index (χ2v) is 6.88. The number of hydrogen-bond donors (Lipinski definition) is 4. The Bertz CT molecular complexity index is 1160. The van der Waals surface area contributed by atoms with Crippen LogP contribution in [0.4, 0.5) is 15.8 Å². The third-order valence-corrected chi connectivity index (χ3v) is 4.62. The van der Waals surface area contributed by atoms with Crippen LogP contribution in [0.3, 0.4) is 0 Å². The number of ether oxygens (including phenoxy) is 1. The Morgan fingerprint density at radius 3 is 2.59 bits per heavy atom. The monoisotopic (exact) mass is 437 g/mol. The van der Waals surface area contributed by atoms with Crippen LogP contribution < -0.4 is 21.9 Å². The molecule has 3 rings (SSSR count). The van der Waals surface area contributed by atoms with Crippen LogP contribution in [0.5, 0.6) is 0 Å². The van der Waals surface area contributed by atoms with E-state index >= 15 is 0 Å². The number of halogens is 1. The highest BCUT2D eigenvalue weighted by molar-refractivity contribution is 5.95. The number of nitrogens with two attached hydrogens (primary N) is 1. The molecule has 0 saturated heterocycles. The summed E-state index contributed by atoms with van der Waals surface area (Å²) in [6, 6.07) is 16.6. The van der Waals surface area contributed by atoms with Gasteiger partial charge in [-0.25, -0.2) is 4.39 Å². The number of nitrogens with zero attached hydrogens (tertiary/aromatic N) is 1. The SMILES string of the molecule is CCOC(C(=O)NCc1ccc(C(=N)N)c(F)c1)n1cccc(Nc2ccccc2)c1=O. The van der Waals surface area contributed by atoms with Gasteiger partial charge < -0.3 is 21.1 Å². The van der Waals surface area contributed by atoms with E-state index in [-0.39, 0.29) is 30.2 Å². The number of amides is 1. The molecule has 1 aromatic heterocycles. The van der Waals surface area contributed by atoms with Gasteiger partial charge in [-0.2, -0.15) is 0 Å². The summed E-state index contributed by atoms with van der Waals surface area (Å²) in [6.07, 6.45) is 0.270. The molecule has 0 radical (unpaired) electrons. The maximum absolute atomic E-state index is 14.0. The Kier molecular flexibility index (Phi) is 7.35. The van der Waals surface area contributed by atoms with Gasteiger partial charge in [0.25, 0.3) is 11.5 Å². The molecule has 1 unspecified atom stereocenters. The number of aromatic nitrogens is 1. The second kappa shape index (κ2) is 10.4. The van der Waals surface area contributed by atoms with Crippen LogP contribution in [-0.2, 0) is 16.1 Å². The van der Waals surface area contributed by atoms with Crippen LogP contribution >= 0.6 is 0 Å². The van der Waals surface area contributed by atoms with Gasteiger partial charge in [-0.05, 0) is 48.9 Å². The lowest BCUT2D eigenvalue weighted by molar-refractivity contribution is -0.139. The van der Waals surface area contributed by atoms with Crippen molar-refractivity contribution >= 4 is 23.1 Å². The second-order valence-electron chi connectivity index (χ2n) is 6.88. The highest BCUT2D eigenvalue weighted by Crippen LogP contribution is 2.15. The van der Waals surface area contributed by atoms with Gasteiger partial charge in [0.15, 0.2) is 0 Å². The fourth-order valence-electron chi connectivity index (χ4n) is 3.07. The minimum atomic E-state index is -1.20. The number of amidine groups is 1. The molecule has 0 fully saturated rings. The van der Waals surface area contributed by atoms with E-state index in [2.05, 4.69) is 10.6 Å². The molecule has 166 valence electrons. The molecule has 5 N–H and O–H groups in total. The number of carbonyl (C=O) groups excluding carboxylic acids is 1. The van der Waals surface area contributed by atoms with Crippen molar-refractivity contribution in [2.45, 2.75) is 19.7 Å². The minimum absolute atomic E-state index is 0.00815. The third-order valence-electron chi connectivity index (χ3n) is 4.62. The molecular weight excluding hydrogens is 413 g/mol. The number of rotatable bonds is 9. The Morgan fingerprint density at radius 2 is 1.94 bits per heavy atom. The number of anilines is 2. The van der Waals surface area contributed by atoms with Gasteiger partial charge in [-0.3, -0.25) is 19.6 Å². The van der Waals surface area contributed by atoms with Crippen LogP contribution in [0, 0.1) is 11.2 Å². The van der Waals surface area contributed by atoms with Gasteiger partial charge in [-0.1, -0.05) is 24.3 Å². The van der Waals surface area contributed by atoms with E-state index in [0.717, 1.165) is 5.69 Å². The zero-order valence-corrected chi connectivity index (χ0v) is 17.5. The number of pyridine rings is 1. The minimum Gasteiger partial charge on any atom is -0.384 e. The fraction of sp³-hybridized carbons (Fsp3) is 0.174. The zero-order chi connectivity index (χ0) is 23.1. The van der Waals surface area contributed by atoms with E-state index in [1.54, 1.807) is 25.1 Å². The van der Waals surface area contributed by atoms with Gasteiger partial charge in [0.2, 0.25) is 6.23 Å². The first-order valence-corrected chi connectivity index (χ1v) is 9.96. The summed E-state index contributed by atoms with van der Waals surface area (Å²) < 4.78 is 20.8. The Balaban J connectivity index is 1.78. The normalized spacial score (nSPS) is 11.6. The maximum atomic E-state index is 14.0. The Morgan fingerprint density at radius 1 is 1.19 bits per heavy atom. The fourth-order valence-corrected chi connectivity index (χ4v) is 3.07. The summed E-state index contributed by atoms with van der Waals surface area (Å²) in [4.78, 5) is 25.8. The van der Waals surface area contributed by atoms with E-state index in [1.165, 1.54) is 22.9 Å². The van der Waals surface area contributed by atoms with E-state index in [1.807, 2.05) is 30.3 Å². The standard InChI is InChI=1S/C23H24FN5O3/c1-2-32-23(21(30)27-14-15-10-11-17(20(25)26)18(24)13-15)29-12-6-9-19(22(29)31)28-16-7-4-3-5-8-16/h3-13,23,28H,2,14H2,1H3,(H3,25,26)(H,27,30). The molecule has 0 aliphatic heterocycles. The van der Waals surface area contributed by atoms with E-state index in [9.17, 15) is 14.0 Å². The molecule has 8 nitrogen and oxygen atoms in total. The van der Waals surface area contributed by atoms with Crippen molar-refractivity contribution in [3.8, 4) is 0 Å². The predicted molar refractivity (Wildman–Crippen MR) is 120 cm³/mol. The van der Waals surface area contributed by atoms with Crippen LogP contribution in [-0.4, -0.2) is 22.9 Å². The van der Waals surface area contributed by atoms with Crippen LogP contribution in [0.25, 0.3) is 0 Å². The van der Waals surface area contributed by atoms with Crippen LogP contribution in [0.15, 0.2) is 71.7 Å².